The van der Waals surface area contributed by atoms with Gasteiger partial charge in [-0.25, -0.2) is 4.79 Å². The van der Waals surface area contributed by atoms with Crippen LogP contribution in [0.3, 0.4) is 0 Å². The number of halogens is 4. The second-order valence-electron chi connectivity index (χ2n) is 4.69. The van der Waals surface area contributed by atoms with Gasteiger partial charge in [-0.15, -0.1) is 0 Å². The molecule has 0 fully saturated rings. The molecule has 2 aliphatic heterocycles. The number of aliphatic imine (C=N–C) groups is 1. The van der Waals surface area contributed by atoms with Crippen molar-refractivity contribution >= 4 is 27.8 Å². The van der Waals surface area contributed by atoms with E-state index in [1.807, 2.05) is 5.32 Å². The summed E-state index contributed by atoms with van der Waals surface area (Å²) in [5.74, 6) is -0.0758. The molecule has 0 spiro atoms. The van der Waals surface area contributed by atoms with Gasteiger partial charge in [0.05, 0.1) is 0 Å². The zero-order valence-corrected chi connectivity index (χ0v) is 12.5. The lowest BCUT2D eigenvalue weighted by molar-refractivity contribution is -0.227. The van der Waals surface area contributed by atoms with Crippen molar-refractivity contribution in [2.75, 3.05) is 0 Å². The molecule has 3 rings (SSSR count). The molecule has 1 unspecified atom stereocenters. The fourth-order valence-electron chi connectivity index (χ4n) is 2.44. The number of benzene rings is 1. The summed E-state index contributed by atoms with van der Waals surface area (Å²) >= 11 is 3.15. The fourth-order valence-corrected chi connectivity index (χ4v) is 2.77. The van der Waals surface area contributed by atoms with Gasteiger partial charge in [-0.3, -0.25) is 4.90 Å². The van der Waals surface area contributed by atoms with Crippen LogP contribution in [-0.4, -0.2) is 22.9 Å². The maximum atomic E-state index is 14.0. The van der Waals surface area contributed by atoms with Crippen LogP contribution in [0.4, 0.5) is 18.0 Å². The average molecular weight is 372 g/mol. The summed E-state index contributed by atoms with van der Waals surface area (Å²) in [4.78, 5) is 16.3. The monoisotopic (exact) mass is 371 g/mol. The minimum absolute atomic E-state index is 0.0758. The van der Waals surface area contributed by atoms with E-state index < -0.39 is 17.9 Å². The number of amidine groups is 1. The molecule has 22 heavy (non-hydrogen) atoms. The number of urea groups is 1. The van der Waals surface area contributed by atoms with Crippen molar-refractivity contribution < 1.29 is 18.0 Å². The number of allylic oxidation sites excluding steroid dienone is 2. The average Bonchev–Trinajstić information content (AvgIpc) is 2.46. The molecule has 1 N–H and O–H groups in total. The summed E-state index contributed by atoms with van der Waals surface area (Å²) in [6, 6.07) is 6.17. The van der Waals surface area contributed by atoms with Crippen molar-refractivity contribution in [2.24, 2.45) is 4.99 Å². The lowest BCUT2D eigenvalue weighted by Crippen LogP contribution is -2.68. The highest BCUT2D eigenvalue weighted by molar-refractivity contribution is 9.11. The van der Waals surface area contributed by atoms with Crippen molar-refractivity contribution in [3.05, 3.63) is 58.7 Å². The number of nitrogens with one attached hydrogen (secondary N) is 1. The van der Waals surface area contributed by atoms with Gasteiger partial charge in [0.2, 0.25) is 5.66 Å². The number of alkyl halides is 3. The molecular formula is C14H9BrF3N3O. The lowest BCUT2D eigenvalue weighted by atomic mass is 9.95. The molecule has 2 heterocycles. The van der Waals surface area contributed by atoms with Crippen LogP contribution in [0.2, 0.25) is 0 Å². The highest BCUT2D eigenvalue weighted by Crippen LogP contribution is 2.45. The van der Waals surface area contributed by atoms with Crippen LogP contribution in [0.5, 0.6) is 0 Å². The number of hydrogen-bond donors (Lipinski definition) is 1. The predicted octanol–water partition coefficient (Wildman–Crippen LogP) is 3.63. The largest absolute Gasteiger partial charge is 0.435 e. The number of carbonyl (C=O) groups excluding carboxylic acids is 1. The van der Waals surface area contributed by atoms with Crippen molar-refractivity contribution in [1.82, 2.24) is 10.2 Å². The summed E-state index contributed by atoms with van der Waals surface area (Å²) in [5, 5.41) is 1.98. The van der Waals surface area contributed by atoms with Crippen LogP contribution in [-0.2, 0) is 5.66 Å². The molecule has 0 radical (unpaired) electrons. The van der Waals surface area contributed by atoms with E-state index >= 15 is 0 Å². The lowest BCUT2D eigenvalue weighted by Gasteiger charge is -2.47. The SMILES string of the molecule is O=C1N=C2C=CC(Br)=CN2C(c2ccccc2)(C(F)(F)F)N1. The molecular weight excluding hydrogens is 363 g/mol. The Morgan fingerprint density at radius 1 is 1.18 bits per heavy atom. The molecule has 1 atom stereocenters. The van der Waals surface area contributed by atoms with Gasteiger partial charge in [0, 0.05) is 16.2 Å². The molecule has 0 aliphatic carbocycles. The van der Waals surface area contributed by atoms with Crippen LogP contribution >= 0.6 is 15.9 Å². The first kappa shape index (κ1) is 14.8. The smallest absolute Gasteiger partial charge is 0.301 e. The van der Waals surface area contributed by atoms with E-state index in [1.54, 1.807) is 6.07 Å². The minimum atomic E-state index is -4.76. The number of fused-ring (bicyclic) bond motifs is 1. The third-order valence-corrected chi connectivity index (χ3v) is 3.83. The Morgan fingerprint density at radius 3 is 2.50 bits per heavy atom. The van der Waals surface area contributed by atoms with E-state index in [-0.39, 0.29) is 11.4 Å². The van der Waals surface area contributed by atoms with Crippen LogP contribution in [0.15, 0.2) is 58.2 Å². The second kappa shape index (κ2) is 4.98. The van der Waals surface area contributed by atoms with Crippen molar-refractivity contribution in [2.45, 2.75) is 11.8 Å². The summed E-state index contributed by atoms with van der Waals surface area (Å²) in [7, 11) is 0. The second-order valence-corrected chi connectivity index (χ2v) is 5.61. The first-order valence-corrected chi connectivity index (χ1v) is 7.02. The van der Waals surface area contributed by atoms with Crippen molar-refractivity contribution in [3.63, 3.8) is 0 Å². The molecule has 8 heteroatoms. The quantitative estimate of drug-likeness (QED) is 0.819. The molecule has 0 bridgehead atoms. The van der Waals surface area contributed by atoms with Gasteiger partial charge >= 0.3 is 12.2 Å². The third kappa shape index (κ3) is 2.14. The van der Waals surface area contributed by atoms with E-state index in [9.17, 15) is 18.0 Å². The van der Waals surface area contributed by atoms with Gasteiger partial charge in [0.25, 0.3) is 0 Å². The summed E-state index contributed by atoms with van der Waals surface area (Å²) in [6.45, 7) is 0. The summed E-state index contributed by atoms with van der Waals surface area (Å²) in [5.41, 5.74) is -2.80. The van der Waals surface area contributed by atoms with Gasteiger partial charge < -0.3 is 5.32 Å². The maximum Gasteiger partial charge on any atom is 0.435 e. The van der Waals surface area contributed by atoms with Gasteiger partial charge in [0.15, 0.2) is 0 Å². The highest BCUT2D eigenvalue weighted by Gasteiger charge is 2.63. The number of amides is 2. The van der Waals surface area contributed by atoms with E-state index in [1.165, 1.54) is 42.6 Å². The normalized spacial score (nSPS) is 24.4. The molecule has 1 aromatic rings. The predicted molar refractivity (Wildman–Crippen MR) is 78.1 cm³/mol. The van der Waals surface area contributed by atoms with Crippen LogP contribution in [0.25, 0.3) is 0 Å². The minimum Gasteiger partial charge on any atom is -0.301 e. The standard InChI is InChI=1S/C14H9BrF3N3O/c15-10-6-7-11-19-12(22)20-13(14(16,17)18,21(11)8-10)9-4-2-1-3-5-9/h1-8H,(H,20,22). The Labute approximate surface area is 132 Å². The van der Waals surface area contributed by atoms with E-state index in [0.717, 1.165) is 4.90 Å². The van der Waals surface area contributed by atoms with Gasteiger partial charge in [0.1, 0.15) is 5.84 Å². The zero-order chi connectivity index (χ0) is 16.0. The Hall–Kier alpha value is -2.09. The Balaban J connectivity index is 2.28. The Kier molecular flexibility index (Phi) is 3.36. The molecule has 114 valence electrons. The molecule has 2 amide bonds. The van der Waals surface area contributed by atoms with E-state index in [4.69, 9.17) is 0 Å². The molecule has 0 saturated carbocycles. The molecule has 0 aromatic heterocycles. The third-order valence-electron chi connectivity index (χ3n) is 3.36. The molecule has 0 saturated heterocycles. The summed E-state index contributed by atoms with van der Waals surface area (Å²) < 4.78 is 42.4. The zero-order valence-electron chi connectivity index (χ0n) is 10.9. The van der Waals surface area contributed by atoms with E-state index in [2.05, 4.69) is 20.9 Å². The van der Waals surface area contributed by atoms with Gasteiger partial charge in [-0.1, -0.05) is 30.3 Å². The fraction of sp³-hybridized carbons (Fsp3) is 0.143. The highest BCUT2D eigenvalue weighted by atomic mass is 79.9. The van der Waals surface area contributed by atoms with Crippen molar-refractivity contribution in [3.8, 4) is 0 Å². The molecule has 4 nitrogen and oxygen atoms in total. The first-order chi connectivity index (χ1) is 10.3. The van der Waals surface area contributed by atoms with Gasteiger partial charge in [-0.2, -0.15) is 18.2 Å². The number of carbonyl (C=O) groups is 1. The number of hydrogen-bond acceptors (Lipinski definition) is 2. The summed E-state index contributed by atoms with van der Waals surface area (Å²) in [6.07, 6.45) is -0.634. The number of rotatable bonds is 1. The van der Waals surface area contributed by atoms with E-state index in [0.29, 0.717) is 4.48 Å². The first-order valence-electron chi connectivity index (χ1n) is 6.22. The van der Waals surface area contributed by atoms with Crippen LogP contribution < -0.4 is 5.32 Å². The Morgan fingerprint density at radius 2 is 1.86 bits per heavy atom. The topological polar surface area (TPSA) is 44.7 Å². The number of nitrogens with zero attached hydrogens (tertiary/aromatic N) is 2. The Bertz CT molecular complexity index is 712. The molecule has 1 aromatic carbocycles. The van der Waals surface area contributed by atoms with Gasteiger partial charge in [-0.05, 0) is 28.1 Å². The van der Waals surface area contributed by atoms with Crippen LogP contribution in [0, 0.1) is 0 Å². The van der Waals surface area contributed by atoms with Crippen LogP contribution in [0.1, 0.15) is 5.56 Å². The molecule has 2 aliphatic rings. The van der Waals surface area contributed by atoms with Crippen molar-refractivity contribution in [1.29, 1.82) is 0 Å². The maximum absolute atomic E-state index is 14.0.